The first-order chi connectivity index (χ1) is 13.1. The van der Waals surface area contributed by atoms with Crippen LogP contribution in [0.5, 0.6) is 0 Å². The molecule has 2 aliphatic rings. The van der Waals surface area contributed by atoms with E-state index in [9.17, 15) is 9.59 Å². The largest absolute Gasteiger partial charge is 0.328 e. The van der Waals surface area contributed by atoms with E-state index >= 15 is 0 Å². The Morgan fingerprint density at radius 2 is 1.89 bits per heavy atom. The van der Waals surface area contributed by atoms with Crippen LogP contribution in [0, 0.1) is 6.92 Å². The highest BCUT2D eigenvalue weighted by atomic mass is 16.6. The van der Waals surface area contributed by atoms with Crippen LogP contribution in [0.15, 0.2) is 35.0 Å². The van der Waals surface area contributed by atoms with Gasteiger partial charge in [0.1, 0.15) is 16.9 Å². The highest BCUT2D eigenvalue weighted by molar-refractivity contribution is 6.07. The normalized spacial score (nSPS) is 19.3. The minimum absolute atomic E-state index is 0.101. The molecule has 1 N–H and O–H groups in total. The van der Waals surface area contributed by atoms with E-state index in [2.05, 4.69) is 15.6 Å². The zero-order chi connectivity index (χ0) is 18.9. The van der Waals surface area contributed by atoms with Crippen molar-refractivity contribution < 1.29 is 14.2 Å². The average molecular weight is 369 g/mol. The lowest BCUT2D eigenvalue weighted by atomic mass is 9.86. The van der Waals surface area contributed by atoms with Gasteiger partial charge >= 0.3 is 6.03 Å². The van der Waals surface area contributed by atoms with Crippen LogP contribution < -0.4 is 5.32 Å². The highest BCUT2D eigenvalue weighted by Crippen LogP contribution is 2.36. The first-order valence-corrected chi connectivity index (χ1v) is 9.28. The van der Waals surface area contributed by atoms with Gasteiger partial charge < -0.3 is 10.2 Å². The predicted molar refractivity (Wildman–Crippen MR) is 96.7 cm³/mol. The smallest absolute Gasteiger partial charge is 0.317 e. The molecule has 3 heterocycles. The molecule has 0 atom stereocenters. The molecule has 1 aromatic heterocycles. The summed E-state index contributed by atoms with van der Waals surface area (Å²) in [6, 6.07) is 9.77. The van der Waals surface area contributed by atoms with E-state index in [1.54, 1.807) is 11.8 Å². The number of benzene rings is 1. The third-order valence-electron chi connectivity index (χ3n) is 5.57. The monoisotopic (exact) mass is 369 g/mol. The predicted octanol–water partition coefficient (Wildman–Crippen LogP) is 1.51. The molecule has 0 bridgehead atoms. The number of carbonyl (C=O) groups excluding carboxylic acids is 2. The summed E-state index contributed by atoms with van der Waals surface area (Å²) in [7, 11) is 0. The fraction of sp³-hybridized carbons (Fsp3) is 0.474. The number of nitrogens with zero attached hydrogens (tertiary/aromatic N) is 4. The van der Waals surface area contributed by atoms with E-state index in [1.807, 2.05) is 30.3 Å². The van der Waals surface area contributed by atoms with E-state index in [0.29, 0.717) is 37.2 Å². The molecule has 8 nitrogen and oxygen atoms in total. The number of imide groups is 1. The fourth-order valence-electron chi connectivity index (χ4n) is 3.98. The molecule has 0 radical (unpaired) electrons. The second kappa shape index (κ2) is 7.11. The van der Waals surface area contributed by atoms with Crippen molar-refractivity contribution in [3.05, 3.63) is 47.3 Å². The summed E-state index contributed by atoms with van der Waals surface area (Å²) < 4.78 is 4.72. The summed E-state index contributed by atoms with van der Waals surface area (Å²) in [4.78, 5) is 29.6. The van der Waals surface area contributed by atoms with Crippen LogP contribution in [0.1, 0.15) is 29.8 Å². The Balaban J connectivity index is 1.59. The van der Waals surface area contributed by atoms with Gasteiger partial charge in [0, 0.05) is 6.54 Å². The Morgan fingerprint density at radius 1 is 1.15 bits per heavy atom. The lowest BCUT2D eigenvalue weighted by molar-refractivity contribution is -0.135. The SMILES string of the molecule is Cc1nonc1CN1C(=O)N(CCc2ccccc2)C2(CCNCC2)C1=O. The molecule has 2 saturated heterocycles. The molecule has 4 rings (SSSR count). The number of aromatic nitrogens is 2. The van der Waals surface area contributed by atoms with E-state index in [-0.39, 0.29) is 18.5 Å². The van der Waals surface area contributed by atoms with Crippen molar-refractivity contribution >= 4 is 11.9 Å². The lowest BCUT2D eigenvalue weighted by Gasteiger charge is -2.38. The first-order valence-electron chi connectivity index (χ1n) is 9.28. The second-order valence-electron chi connectivity index (χ2n) is 7.14. The van der Waals surface area contributed by atoms with Gasteiger partial charge in [-0.15, -0.1) is 0 Å². The molecule has 1 aromatic carbocycles. The molecule has 0 aliphatic carbocycles. The fourth-order valence-corrected chi connectivity index (χ4v) is 3.98. The molecule has 142 valence electrons. The topological polar surface area (TPSA) is 91.6 Å². The van der Waals surface area contributed by atoms with Gasteiger partial charge in [0.05, 0.1) is 6.54 Å². The molecular weight excluding hydrogens is 346 g/mol. The molecule has 27 heavy (non-hydrogen) atoms. The van der Waals surface area contributed by atoms with Gasteiger partial charge in [-0.2, -0.15) is 0 Å². The molecule has 0 saturated carbocycles. The van der Waals surface area contributed by atoms with Crippen LogP contribution in [-0.4, -0.2) is 57.2 Å². The minimum atomic E-state index is -0.762. The number of aryl methyl sites for hydroxylation is 1. The maximum atomic E-state index is 13.3. The van der Waals surface area contributed by atoms with Crippen molar-refractivity contribution in [2.24, 2.45) is 0 Å². The standard InChI is InChI=1S/C19H23N5O3/c1-14-16(22-27-21-14)13-23-17(25)19(8-10-20-11-9-19)24(18(23)26)12-7-15-5-3-2-4-6-15/h2-6,20H,7-13H2,1H3. The number of hydrogen-bond acceptors (Lipinski definition) is 6. The van der Waals surface area contributed by atoms with Crippen LogP contribution >= 0.6 is 0 Å². The van der Waals surface area contributed by atoms with Gasteiger partial charge in [-0.1, -0.05) is 40.6 Å². The van der Waals surface area contributed by atoms with Gasteiger partial charge in [0.2, 0.25) is 0 Å². The number of amides is 3. The molecule has 2 aromatic rings. The Bertz CT molecular complexity index is 829. The van der Waals surface area contributed by atoms with Gasteiger partial charge in [-0.25, -0.2) is 9.42 Å². The molecule has 8 heteroatoms. The van der Waals surface area contributed by atoms with Gasteiger partial charge in [-0.05, 0) is 44.8 Å². The Labute approximate surface area is 157 Å². The summed E-state index contributed by atoms with van der Waals surface area (Å²) in [5.41, 5.74) is 1.50. The maximum absolute atomic E-state index is 13.3. The summed E-state index contributed by atoms with van der Waals surface area (Å²) in [6.45, 7) is 3.81. The number of nitrogens with one attached hydrogen (secondary N) is 1. The summed E-state index contributed by atoms with van der Waals surface area (Å²) in [5, 5.41) is 10.9. The molecule has 3 amide bonds. The van der Waals surface area contributed by atoms with E-state index in [4.69, 9.17) is 4.63 Å². The third kappa shape index (κ3) is 3.10. The second-order valence-corrected chi connectivity index (χ2v) is 7.14. The molecule has 0 unspecified atom stereocenters. The third-order valence-corrected chi connectivity index (χ3v) is 5.57. The van der Waals surface area contributed by atoms with E-state index < -0.39 is 5.54 Å². The Kier molecular flexibility index (Phi) is 4.65. The number of piperidine rings is 1. The summed E-state index contributed by atoms with van der Waals surface area (Å²) in [6.07, 6.45) is 1.96. The van der Waals surface area contributed by atoms with Crippen molar-refractivity contribution in [3.63, 3.8) is 0 Å². The number of carbonyl (C=O) groups is 2. The maximum Gasteiger partial charge on any atom is 0.328 e. The Morgan fingerprint density at radius 3 is 2.56 bits per heavy atom. The minimum Gasteiger partial charge on any atom is -0.317 e. The molecule has 2 aliphatic heterocycles. The molecule has 2 fully saturated rings. The highest BCUT2D eigenvalue weighted by Gasteiger charge is 2.57. The number of hydrogen-bond donors (Lipinski definition) is 1. The van der Waals surface area contributed by atoms with Crippen LogP contribution in [0.25, 0.3) is 0 Å². The zero-order valence-corrected chi connectivity index (χ0v) is 15.4. The summed E-state index contributed by atoms with van der Waals surface area (Å²) >= 11 is 0. The van der Waals surface area contributed by atoms with Crippen LogP contribution in [0.3, 0.4) is 0 Å². The number of urea groups is 1. The van der Waals surface area contributed by atoms with Gasteiger partial charge in [0.15, 0.2) is 0 Å². The van der Waals surface area contributed by atoms with Crippen LogP contribution in [0.2, 0.25) is 0 Å². The molecular formula is C19H23N5O3. The van der Waals surface area contributed by atoms with Crippen molar-refractivity contribution in [3.8, 4) is 0 Å². The van der Waals surface area contributed by atoms with Crippen molar-refractivity contribution in [1.82, 2.24) is 25.4 Å². The number of rotatable bonds is 5. The van der Waals surface area contributed by atoms with Crippen molar-refractivity contribution in [2.75, 3.05) is 19.6 Å². The van der Waals surface area contributed by atoms with E-state index in [1.165, 1.54) is 4.90 Å². The van der Waals surface area contributed by atoms with Crippen LogP contribution in [0.4, 0.5) is 4.79 Å². The van der Waals surface area contributed by atoms with Gasteiger partial charge in [-0.3, -0.25) is 9.69 Å². The van der Waals surface area contributed by atoms with Gasteiger partial charge in [0.25, 0.3) is 5.91 Å². The van der Waals surface area contributed by atoms with E-state index in [0.717, 1.165) is 18.7 Å². The van der Waals surface area contributed by atoms with Crippen molar-refractivity contribution in [2.45, 2.75) is 38.3 Å². The lowest BCUT2D eigenvalue weighted by Crippen LogP contribution is -2.56. The van der Waals surface area contributed by atoms with Crippen LogP contribution in [-0.2, 0) is 17.8 Å². The quantitative estimate of drug-likeness (QED) is 0.803. The Hall–Kier alpha value is -2.74. The zero-order valence-electron chi connectivity index (χ0n) is 15.4. The van der Waals surface area contributed by atoms with Crippen molar-refractivity contribution in [1.29, 1.82) is 0 Å². The molecule has 1 spiro atoms. The summed E-state index contributed by atoms with van der Waals surface area (Å²) in [5.74, 6) is -0.135. The average Bonchev–Trinajstić information content (AvgIpc) is 3.18. The first kappa shape index (κ1) is 17.7.